The lowest BCUT2D eigenvalue weighted by Gasteiger charge is -2.01. The van der Waals surface area contributed by atoms with Crippen molar-refractivity contribution in [2.75, 3.05) is 0 Å². The van der Waals surface area contributed by atoms with Crippen LogP contribution < -0.4 is 5.44 Å². The molecule has 1 aromatic heterocycles. The maximum atomic E-state index is 3.20. The fourth-order valence-corrected chi connectivity index (χ4v) is 2.24. The molecule has 0 saturated heterocycles. The molecule has 0 aromatic carbocycles. The number of aromatic nitrogens is 1. The van der Waals surface area contributed by atoms with Crippen molar-refractivity contribution in [2.24, 2.45) is 0 Å². The van der Waals surface area contributed by atoms with Crippen LogP contribution in [0.15, 0.2) is 12.3 Å². The van der Waals surface area contributed by atoms with Crippen LogP contribution in [0.5, 0.6) is 0 Å². The fourth-order valence-electron chi connectivity index (χ4n) is 1.91. The van der Waals surface area contributed by atoms with E-state index in [0.717, 1.165) is 0 Å². The average molecular weight is 225 g/mol. The van der Waals surface area contributed by atoms with E-state index in [9.17, 15) is 0 Å². The predicted octanol–water partition coefficient (Wildman–Crippen LogP) is 3.81. The molecule has 0 fully saturated rings. The molecule has 86 valence electrons. The van der Waals surface area contributed by atoms with Crippen LogP contribution in [0.2, 0.25) is 0 Å². The van der Waals surface area contributed by atoms with E-state index >= 15 is 0 Å². The average Bonchev–Trinajstić information content (AvgIpc) is 2.63. The van der Waals surface area contributed by atoms with Crippen LogP contribution >= 0.6 is 9.24 Å². The normalized spacial score (nSPS) is 10.8. The Morgan fingerprint density at radius 3 is 2.33 bits per heavy atom. The summed E-state index contributed by atoms with van der Waals surface area (Å²) in [6.07, 6.45) is 13.0. The molecule has 2 heteroatoms. The zero-order valence-corrected chi connectivity index (χ0v) is 11.0. The minimum absolute atomic E-state index is 1.23. The number of aromatic amines is 1. The molecule has 1 nitrogen and oxygen atoms in total. The van der Waals surface area contributed by atoms with Gasteiger partial charge in [0.2, 0.25) is 0 Å². The SMILES string of the molecule is CCCCCCCCCc1cc[nH]c1P. The Morgan fingerprint density at radius 1 is 1.07 bits per heavy atom. The molecule has 0 saturated carbocycles. The second-order valence-electron chi connectivity index (χ2n) is 4.29. The zero-order valence-electron chi connectivity index (χ0n) is 9.89. The summed E-state index contributed by atoms with van der Waals surface area (Å²) in [4.78, 5) is 3.20. The number of nitrogens with one attached hydrogen (secondary N) is 1. The molecule has 0 radical (unpaired) electrons. The predicted molar refractivity (Wildman–Crippen MR) is 71.8 cm³/mol. The summed E-state index contributed by atoms with van der Waals surface area (Å²) in [6, 6.07) is 2.19. The van der Waals surface area contributed by atoms with E-state index in [4.69, 9.17) is 0 Å². The van der Waals surface area contributed by atoms with Crippen LogP contribution in [-0.4, -0.2) is 4.98 Å². The maximum absolute atomic E-state index is 3.20. The van der Waals surface area contributed by atoms with E-state index in [1.807, 2.05) is 6.20 Å². The van der Waals surface area contributed by atoms with Crippen LogP contribution in [0.1, 0.15) is 57.4 Å². The molecular formula is C13H24NP. The first kappa shape index (κ1) is 12.8. The number of hydrogen-bond donors (Lipinski definition) is 1. The molecule has 1 atom stereocenters. The van der Waals surface area contributed by atoms with E-state index < -0.39 is 0 Å². The summed E-state index contributed by atoms with van der Waals surface area (Å²) in [5.74, 6) is 0. The lowest BCUT2D eigenvalue weighted by Crippen LogP contribution is -1.98. The number of aryl methyl sites for hydroxylation is 1. The van der Waals surface area contributed by atoms with Gasteiger partial charge in [-0.25, -0.2) is 0 Å². The molecule has 1 N–H and O–H groups in total. The molecule has 1 unspecified atom stereocenters. The minimum Gasteiger partial charge on any atom is -0.362 e. The highest BCUT2D eigenvalue weighted by Crippen LogP contribution is 2.10. The topological polar surface area (TPSA) is 15.8 Å². The van der Waals surface area contributed by atoms with Gasteiger partial charge in [-0.05, 0) is 24.5 Å². The van der Waals surface area contributed by atoms with Crippen molar-refractivity contribution < 1.29 is 0 Å². The van der Waals surface area contributed by atoms with E-state index in [-0.39, 0.29) is 0 Å². The standard InChI is InChI=1S/C13H24NP/c1-2-3-4-5-6-7-8-9-12-10-11-14-13(12)15/h10-11,14H,2-9,15H2,1H3. The number of rotatable bonds is 8. The molecule has 0 aliphatic rings. The second kappa shape index (κ2) is 7.93. The van der Waals surface area contributed by atoms with Crippen LogP contribution in [0.25, 0.3) is 0 Å². The van der Waals surface area contributed by atoms with Gasteiger partial charge in [-0.1, -0.05) is 54.7 Å². The van der Waals surface area contributed by atoms with Crippen molar-refractivity contribution in [3.05, 3.63) is 17.8 Å². The van der Waals surface area contributed by atoms with Gasteiger partial charge in [0.1, 0.15) is 0 Å². The quantitative estimate of drug-likeness (QED) is 0.511. The van der Waals surface area contributed by atoms with Gasteiger partial charge in [0.05, 0.1) is 0 Å². The third kappa shape index (κ3) is 5.37. The molecule has 1 aromatic rings. The van der Waals surface area contributed by atoms with Gasteiger partial charge in [0.25, 0.3) is 0 Å². The number of H-pyrrole nitrogens is 1. The Morgan fingerprint density at radius 2 is 1.73 bits per heavy atom. The van der Waals surface area contributed by atoms with Crippen molar-refractivity contribution in [2.45, 2.75) is 58.3 Å². The largest absolute Gasteiger partial charge is 0.362 e. The third-order valence-electron chi connectivity index (χ3n) is 2.92. The zero-order chi connectivity index (χ0) is 10.9. The van der Waals surface area contributed by atoms with Crippen molar-refractivity contribution in [3.8, 4) is 0 Å². The molecule has 0 aliphatic carbocycles. The molecular weight excluding hydrogens is 201 g/mol. The molecule has 0 bridgehead atoms. The highest BCUT2D eigenvalue weighted by molar-refractivity contribution is 7.27. The molecule has 1 heterocycles. The van der Waals surface area contributed by atoms with Crippen LogP contribution in [-0.2, 0) is 6.42 Å². The lowest BCUT2D eigenvalue weighted by molar-refractivity contribution is 0.590. The van der Waals surface area contributed by atoms with Gasteiger partial charge in [-0.2, -0.15) is 0 Å². The molecule has 0 amide bonds. The monoisotopic (exact) mass is 225 g/mol. The van der Waals surface area contributed by atoms with Crippen LogP contribution in [0.4, 0.5) is 0 Å². The van der Waals surface area contributed by atoms with E-state index in [2.05, 4.69) is 27.2 Å². The van der Waals surface area contributed by atoms with Gasteiger partial charge in [-0.3, -0.25) is 0 Å². The Bertz CT molecular complexity index is 255. The first-order chi connectivity index (χ1) is 7.34. The summed E-state index contributed by atoms with van der Waals surface area (Å²) in [5, 5.41) is 0. The number of hydrogen-bond acceptors (Lipinski definition) is 0. The molecule has 1 rings (SSSR count). The van der Waals surface area contributed by atoms with Crippen LogP contribution in [0.3, 0.4) is 0 Å². The van der Waals surface area contributed by atoms with E-state index in [1.165, 1.54) is 62.4 Å². The Hall–Kier alpha value is -0.290. The highest BCUT2D eigenvalue weighted by atomic mass is 31.0. The van der Waals surface area contributed by atoms with Gasteiger partial charge in [-0.15, -0.1) is 0 Å². The van der Waals surface area contributed by atoms with Crippen LogP contribution in [0, 0.1) is 0 Å². The van der Waals surface area contributed by atoms with Crippen molar-refractivity contribution >= 4 is 14.7 Å². The Labute approximate surface area is 96.3 Å². The summed E-state index contributed by atoms with van der Waals surface area (Å²) < 4.78 is 0. The van der Waals surface area contributed by atoms with E-state index in [1.54, 1.807) is 0 Å². The Balaban J connectivity index is 1.96. The first-order valence-electron chi connectivity index (χ1n) is 6.26. The van der Waals surface area contributed by atoms with Gasteiger partial charge >= 0.3 is 0 Å². The summed E-state index contributed by atoms with van der Waals surface area (Å²) in [5.41, 5.74) is 2.73. The minimum atomic E-state index is 1.23. The summed E-state index contributed by atoms with van der Waals surface area (Å²) in [6.45, 7) is 2.27. The molecule has 15 heavy (non-hydrogen) atoms. The number of unbranched alkanes of at least 4 members (excludes halogenated alkanes) is 6. The molecule has 0 aliphatic heterocycles. The van der Waals surface area contributed by atoms with Gasteiger partial charge in [0, 0.05) is 11.6 Å². The fraction of sp³-hybridized carbons (Fsp3) is 0.692. The third-order valence-corrected chi connectivity index (χ3v) is 3.46. The summed E-state index contributed by atoms with van der Waals surface area (Å²) >= 11 is 0. The van der Waals surface area contributed by atoms with Gasteiger partial charge in [0.15, 0.2) is 0 Å². The highest BCUT2D eigenvalue weighted by Gasteiger charge is 1.98. The Kier molecular flexibility index (Phi) is 6.76. The smallest absolute Gasteiger partial charge is 0.0353 e. The summed E-state index contributed by atoms with van der Waals surface area (Å²) in [7, 11) is 2.76. The second-order valence-corrected chi connectivity index (χ2v) is 4.87. The first-order valence-corrected chi connectivity index (χ1v) is 6.84. The van der Waals surface area contributed by atoms with Crippen molar-refractivity contribution in [1.29, 1.82) is 0 Å². The van der Waals surface area contributed by atoms with E-state index in [0.29, 0.717) is 0 Å². The maximum Gasteiger partial charge on any atom is 0.0353 e. The molecule has 0 spiro atoms. The van der Waals surface area contributed by atoms with Crippen molar-refractivity contribution in [1.82, 2.24) is 4.98 Å². The van der Waals surface area contributed by atoms with Gasteiger partial charge < -0.3 is 4.98 Å². The van der Waals surface area contributed by atoms with Crippen molar-refractivity contribution in [3.63, 3.8) is 0 Å². The lowest BCUT2D eigenvalue weighted by atomic mass is 10.1.